The molecule has 0 aromatic heterocycles. The normalized spacial score (nSPS) is 73.9. The lowest BCUT2D eigenvalue weighted by molar-refractivity contribution is 0.227. The molecule has 0 aromatic carbocycles. The monoisotopic (exact) mass is 108 g/mol. The van der Waals surface area contributed by atoms with E-state index in [-0.39, 0.29) is 0 Å². The van der Waals surface area contributed by atoms with Crippen LogP contribution in [0.2, 0.25) is 0 Å². The zero-order valence-corrected chi connectivity index (χ0v) is 5.41. The van der Waals surface area contributed by atoms with E-state index in [1.165, 1.54) is 5.92 Å². The quantitative estimate of drug-likeness (QED) is 0.446. The van der Waals surface area contributed by atoms with Gasteiger partial charge < -0.3 is 0 Å². The highest BCUT2D eigenvalue weighted by molar-refractivity contribution is 5.25. The summed E-state index contributed by atoms with van der Waals surface area (Å²) >= 11 is 0. The lowest BCUT2D eigenvalue weighted by Crippen LogP contribution is -2.17. The summed E-state index contributed by atoms with van der Waals surface area (Å²) < 4.78 is 0. The van der Waals surface area contributed by atoms with Gasteiger partial charge in [-0.15, -0.1) is 0 Å². The molecule has 8 heavy (non-hydrogen) atoms. The van der Waals surface area contributed by atoms with Crippen LogP contribution in [0.1, 0.15) is 32.6 Å². The summed E-state index contributed by atoms with van der Waals surface area (Å²) in [5.74, 6) is 1.17. The van der Waals surface area contributed by atoms with E-state index in [0.29, 0.717) is 0 Å². The molecule has 0 heterocycles. The zero-order valence-electron chi connectivity index (χ0n) is 5.41. The van der Waals surface area contributed by atoms with Crippen molar-refractivity contribution in [1.82, 2.24) is 0 Å². The highest BCUT2D eigenvalue weighted by Gasteiger charge is 2.75. The molecule has 0 nitrogen and oxygen atoms in total. The predicted octanol–water partition coefficient (Wildman–Crippen LogP) is 2.20. The Morgan fingerprint density at radius 3 is 2.12 bits per heavy atom. The van der Waals surface area contributed by atoms with Gasteiger partial charge in [0.1, 0.15) is 0 Å². The van der Waals surface area contributed by atoms with Crippen molar-refractivity contribution in [1.29, 1.82) is 0 Å². The molecular formula is C8H12. The first-order valence-electron chi connectivity index (χ1n) is 3.74. The van der Waals surface area contributed by atoms with Crippen LogP contribution in [-0.4, -0.2) is 0 Å². The Bertz CT molecular complexity index is 145. The van der Waals surface area contributed by atoms with Gasteiger partial charge >= 0.3 is 0 Å². The van der Waals surface area contributed by atoms with Gasteiger partial charge in [-0.05, 0) is 42.4 Å². The topological polar surface area (TPSA) is 0 Å². The van der Waals surface area contributed by atoms with E-state index in [2.05, 4.69) is 6.92 Å². The standard InChI is InChI=1S/C8H12/c1-7-2-6-3-8(7,4-6)5-7/h6H,2-5H2,1H3. The second-order valence-electron chi connectivity index (χ2n) is 4.50. The van der Waals surface area contributed by atoms with E-state index in [9.17, 15) is 0 Å². The van der Waals surface area contributed by atoms with Gasteiger partial charge in [0.05, 0.1) is 0 Å². The first kappa shape index (κ1) is 3.92. The fourth-order valence-electron chi connectivity index (χ4n) is 3.46. The molecule has 0 aliphatic heterocycles. The summed E-state index contributed by atoms with van der Waals surface area (Å²) in [6.45, 7) is 2.49. The molecule has 4 saturated carbocycles. The van der Waals surface area contributed by atoms with E-state index < -0.39 is 0 Å². The van der Waals surface area contributed by atoms with Crippen LogP contribution in [0.4, 0.5) is 0 Å². The highest BCUT2D eigenvalue weighted by Crippen LogP contribution is 2.85. The minimum Gasteiger partial charge on any atom is -0.0591 e. The molecule has 0 saturated heterocycles. The lowest BCUT2D eigenvalue weighted by atomic mass is 9.77. The van der Waals surface area contributed by atoms with Crippen molar-refractivity contribution in [2.45, 2.75) is 32.6 Å². The van der Waals surface area contributed by atoms with Crippen LogP contribution in [0.25, 0.3) is 0 Å². The molecular weight excluding hydrogens is 96.1 g/mol. The van der Waals surface area contributed by atoms with Crippen molar-refractivity contribution in [3.8, 4) is 0 Å². The molecule has 0 heteroatoms. The van der Waals surface area contributed by atoms with Crippen molar-refractivity contribution in [3.63, 3.8) is 0 Å². The highest BCUT2D eigenvalue weighted by atomic mass is 14.8. The summed E-state index contributed by atoms with van der Waals surface area (Å²) in [6, 6.07) is 0. The van der Waals surface area contributed by atoms with Crippen LogP contribution in [0.3, 0.4) is 0 Å². The van der Waals surface area contributed by atoms with Crippen LogP contribution in [-0.2, 0) is 0 Å². The SMILES string of the molecule is CC12CC3CC1(C3)C2. The molecule has 0 N–H and O–H groups in total. The Hall–Kier alpha value is 0. The fourth-order valence-corrected chi connectivity index (χ4v) is 3.46. The predicted molar refractivity (Wildman–Crippen MR) is 32.5 cm³/mol. The third kappa shape index (κ3) is 0.191. The van der Waals surface area contributed by atoms with Crippen LogP contribution in [0.15, 0.2) is 0 Å². The number of hydrogen-bond acceptors (Lipinski definition) is 0. The second kappa shape index (κ2) is 0.698. The molecule has 0 aromatic rings. The van der Waals surface area contributed by atoms with Gasteiger partial charge in [0.15, 0.2) is 0 Å². The first-order chi connectivity index (χ1) is 3.74. The molecule has 1 spiro atoms. The minimum atomic E-state index is 0.873. The minimum absolute atomic E-state index is 0.873. The van der Waals surface area contributed by atoms with Gasteiger partial charge in [0.2, 0.25) is 0 Å². The van der Waals surface area contributed by atoms with Crippen LogP contribution < -0.4 is 0 Å². The Labute approximate surface area is 50.3 Å². The van der Waals surface area contributed by atoms with Crippen LogP contribution >= 0.6 is 0 Å². The van der Waals surface area contributed by atoms with Gasteiger partial charge in [-0.3, -0.25) is 0 Å². The summed E-state index contributed by atoms with van der Waals surface area (Å²) in [4.78, 5) is 0. The Morgan fingerprint density at radius 2 is 2.00 bits per heavy atom. The average molecular weight is 108 g/mol. The van der Waals surface area contributed by atoms with Crippen molar-refractivity contribution < 1.29 is 0 Å². The summed E-state index contributed by atoms with van der Waals surface area (Å²) in [5.41, 5.74) is 1.81. The van der Waals surface area contributed by atoms with E-state index in [4.69, 9.17) is 0 Å². The smallest absolute Gasteiger partial charge is 0.0233 e. The summed E-state index contributed by atoms with van der Waals surface area (Å²) in [7, 11) is 0. The first-order valence-corrected chi connectivity index (χ1v) is 3.74. The molecule has 1 unspecified atom stereocenters. The number of rotatable bonds is 0. The molecule has 1 atom stereocenters. The maximum absolute atomic E-state index is 2.49. The molecule has 4 aliphatic rings. The molecule has 4 rings (SSSR count). The molecule has 0 radical (unpaired) electrons. The van der Waals surface area contributed by atoms with Gasteiger partial charge in [-0.25, -0.2) is 0 Å². The third-order valence-corrected chi connectivity index (χ3v) is 3.98. The molecule has 4 aliphatic carbocycles. The fraction of sp³-hybridized carbons (Fsp3) is 1.00. The molecule has 44 valence electrons. The van der Waals surface area contributed by atoms with Crippen molar-refractivity contribution >= 4 is 0 Å². The number of hydrogen-bond donors (Lipinski definition) is 0. The summed E-state index contributed by atoms with van der Waals surface area (Å²) in [6.07, 6.45) is 6.36. The van der Waals surface area contributed by atoms with Gasteiger partial charge in [-0.1, -0.05) is 6.92 Å². The Balaban J connectivity index is 2.14. The maximum atomic E-state index is 2.49. The zero-order chi connectivity index (χ0) is 5.41. The van der Waals surface area contributed by atoms with E-state index in [1.54, 1.807) is 25.7 Å². The van der Waals surface area contributed by atoms with E-state index >= 15 is 0 Å². The largest absolute Gasteiger partial charge is 0.0591 e. The van der Waals surface area contributed by atoms with Gasteiger partial charge in [0, 0.05) is 0 Å². The molecule has 4 fully saturated rings. The van der Waals surface area contributed by atoms with E-state index in [1.807, 2.05) is 0 Å². The van der Waals surface area contributed by atoms with Crippen LogP contribution in [0, 0.1) is 16.7 Å². The Morgan fingerprint density at radius 1 is 1.25 bits per heavy atom. The van der Waals surface area contributed by atoms with Crippen LogP contribution in [0.5, 0.6) is 0 Å². The van der Waals surface area contributed by atoms with Crippen molar-refractivity contribution in [2.75, 3.05) is 0 Å². The van der Waals surface area contributed by atoms with Gasteiger partial charge in [-0.2, -0.15) is 0 Å². The average Bonchev–Trinajstić information content (AvgIpc) is 1.94. The third-order valence-electron chi connectivity index (χ3n) is 3.98. The van der Waals surface area contributed by atoms with E-state index in [0.717, 1.165) is 10.8 Å². The summed E-state index contributed by atoms with van der Waals surface area (Å²) in [5, 5.41) is 0. The molecule has 0 amide bonds. The second-order valence-corrected chi connectivity index (χ2v) is 4.50. The maximum Gasteiger partial charge on any atom is -0.0233 e. The van der Waals surface area contributed by atoms with Crippen molar-refractivity contribution in [2.24, 2.45) is 16.7 Å². The Kier molecular flexibility index (Phi) is 0.342. The van der Waals surface area contributed by atoms with Gasteiger partial charge in [0.25, 0.3) is 0 Å². The van der Waals surface area contributed by atoms with Crippen molar-refractivity contribution in [3.05, 3.63) is 0 Å². The lowest BCUT2D eigenvalue weighted by Gasteiger charge is -2.28. The molecule has 2 bridgehead atoms.